The molecule has 3 aliphatic rings. The Hall–Kier alpha value is -0.610. The molecule has 0 spiro atoms. The van der Waals surface area contributed by atoms with Gasteiger partial charge in [0.05, 0.1) is 6.04 Å². The van der Waals surface area contributed by atoms with Crippen molar-refractivity contribution in [1.82, 2.24) is 15.5 Å². The normalized spacial score (nSPS) is 37.2. The van der Waals surface area contributed by atoms with Crippen molar-refractivity contribution in [1.29, 1.82) is 0 Å². The molecule has 2 saturated heterocycles. The van der Waals surface area contributed by atoms with Crippen molar-refractivity contribution in [3.63, 3.8) is 0 Å². The average Bonchev–Trinajstić information content (AvgIpc) is 3.00. The molecule has 120 valence electrons. The second kappa shape index (κ2) is 7.10. The molecule has 4 nitrogen and oxygen atoms in total. The van der Waals surface area contributed by atoms with E-state index in [1.54, 1.807) is 0 Å². The standard InChI is InChI=1S/C17H31N3O/c1-2-20-10-9-13(12-20)11-18-17(21)16-8-7-14-5-3-4-6-15(14)19-16/h13-16,19H,2-12H2,1H3,(H,18,21). The first-order chi connectivity index (χ1) is 10.3. The molecule has 0 bridgehead atoms. The summed E-state index contributed by atoms with van der Waals surface area (Å²) in [4.78, 5) is 14.9. The van der Waals surface area contributed by atoms with Crippen molar-refractivity contribution < 1.29 is 4.79 Å². The summed E-state index contributed by atoms with van der Waals surface area (Å²) in [6.45, 7) is 6.56. The number of amides is 1. The van der Waals surface area contributed by atoms with Crippen LogP contribution in [-0.4, -0.2) is 49.1 Å². The van der Waals surface area contributed by atoms with Crippen LogP contribution < -0.4 is 10.6 Å². The topological polar surface area (TPSA) is 44.4 Å². The summed E-state index contributed by atoms with van der Waals surface area (Å²) in [5.41, 5.74) is 0. The van der Waals surface area contributed by atoms with Gasteiger partial charge in [0.1, 0.15) is 0 Å². The summed E-state index contributed by atoms with van der Waals surface area (Å²) >= 11 is 0. The van der Waals surface area contributed by atoms with Crippen LogP contribution in [0.4, 0.5) is 0 Å². The maximum Gasteiger partial charge on any atom is 0.237 e. The van der Waals surface area contributed by atoms with Crippen molar-refractivity contribution in [2.45, 2.75) is 64.0 Å². The first-order valence-electron chi connectivity index (χ1n) is 9.02. The van der Waals surface area contributed by atoms with Gasteiger partial charge in [0.15, 0.2) is 0 Å². The number of nitrogens with zero attached hydrogens (tertiary/aromatic N) is 1. The maximum absolute atomic E-state index is 12.4. The Morgan fingerprint density at radius 1 is 1.19 bits per heavy atom. The lowest BCUT2D eigenvalue weighted by Gasteiger charge is -2.40. The van der Waals surface area contributed by atoms with E-state index >= 15 is 0 Å². The van der Waals surface area contributed by atoms with Gasteiger partial charge in [-0.05, 0) is 57.0 Å². The molecule has 1 saturated carbocycles. The number of likely N-dealkylation sites (tertiary alicyclic amines) is 1. The summed E-state index contributed by atoms with van der Waals surface area (Å²) in [7, 11) is 0. The van der Waals surface area contributed by atoms with Crippen LogP contribution >= 0.6 is 0 Å². The van der Waals surface area contributed by atoms with Crippen LogP contribution in [-0.2, 0) is 4.79 Å². The lowest BCUT2D eigenvalue weighted by Crippen LogP contribution is -2.55. The fourth-order valence-corrected chi connectivity index (χ4v) is 4.44. The van der Waals surface area contributed by atoms with E-state index in [1.165, 1.54) is 45.1 Å². The lowest BCUT2D eigenvalue weighted by molar-refractivity contribution is -0.124. The molecule has 3 fully saturated rings. The molecular formula is C17H31N3O. The Morgan fingerprint density at radius 3 is 2.86 bits per heavy atom. The Kier molecular flexibility index (Phi) is 5.17. The van der Waals surface area contributed by atoms with E-state index in [-0.39, 0.29) is 11.9 Å². The molecule has 0 radical (unpaired) electrons. The van der Waals surface area contributed by atoms with E-state index in [4.69, 9.17) is 0 Å². The van der Waals surface area contributed by atoms with Crippen molar-refractivity contribution >= 4 is 5.91 Å². The third kappa shape index (κ3) is 3.78. The number of carbonyl (C=O) groups is 1. The van der Waals surface area contributed by atoms with Gasteiger partial charge in [-0.2, -0.15) is 0 Å². The van der Waals surface area contributed by atoms with Gasteiger partial charge in [-0.25, -0.2) is 0 Å². The molecular weight excluding hydrogens is 262 g/mol. The van der Waals surface area contributed by atoms with E-state index in [9.17, 15) is 4.79 Å². The highest BCUT2D eigenvalue weighted by Crippen LogP contribution is 2.32. The number of fused-ring (bicyclic) bond motifs is 1. The van der Waals surface area contributed by atoms with E-state index in [0.29, 0.717) is 12.0 Å². The zero-order valence-corrected chi connectivity index (χ0v) is 13.4. The van der Waals surface area contributed by atoms with E-state index in [1.807, 2.05) is 0 Å². The van der Waals surface area contributed by atoms with Gasteiger partial charge in [-0.15, -0.1) is 0 Å². The van der Waals surface area contributed by atoms with Gasteiger partial charge in [-0.1, -0.05) is 19.8 Å². The quantitative estimate of drug-likeness (QED) is 0.830. The van der Waals surface area contributed by atoms with Gasteiger partial charge in [0.25, 0.3) is 0 Å². The van der Waals surface area contributed by atoms with Crippen LogP contribution in [0, 0.1) is 11.8 Å². The first kappa shape index (κ1) is 15.3. The SMILES string of the molecule is CCN1CCC(CNC(=O)C2CCC3CCCCC3N2)C1. The van der Waals surface area contributed by atoms with E-state index in [0.717, 1.165) is 32.0 Å². The molecule has 0 aromatic rings. The highest BCUT2D eigenvalue weighted by molar-refractivity contribution is 5.81. The highest BCUT2D eigenvalue weighted by Gasteiger charge is 2.34. The molecule has 2 aliphatic heterocycles. The van der Waals surface area contributed by atoms with Crippen molar-refractivity contribution in [3.8, 4) is 0 Å². The largest absolute Gasteiger partial charge is 0.354 e. The molecule has 21 heavy (non-hydrogen) atoms. The summed E-state index contributed by atoms with van der Waals surface area (Å²) in [6, 6.07) is 0.665. The van der Waals surface area contributed by atoms with Crippen LogP contribution in [0.2, 0.25) is 0 Å². The van der Waals surface area contributed by atoms with Crippen LogP contribution in [0.25, 0.3) is 0 Å². The maximum atomic E-state index is 12.4. The number of piperidine rings is 1. The molecule has 0 aromatic carbocycles. The minimum Gasteiger partial charge on any atom is -0.354 e. The Bertz CT molecular complexity index is 360. The predicted octanol–water partition coefficient (Wildman–Crippen LogP) is 1.76. The third-order valence-corrected chi connectivity index (χ3v) is 5.85. The monoisotopic (exact) mass is 293 g/mol. The third-order valence-electron chi connectivity index (χ3n) is 5.85. The van der Waals surface area contributed by atoms with Gasteiger partial charge < -0.3 is 15.5 Å². The van der Waals surface area contributed by atoms with Crippen molar-refractivity contribution in [2.75, 3.05) is 26.2 Å². The van der Waals surface area contributed by atoms with Gasteiger partial charge in [0, 0.05) is 19.1 Å². The minimum absolute atomic E-state index is 0.0630. The number of rotatable bonds is 4. The van der Waals surface area contributed by atoms with Gasteiger partial charge in [-0.3, -0.25) is 4.79 Å². The molecule has 1 amide bonds. The zero-order valence-electron chi connectivity index (χ0n) is 13.4. The average molecular weight is 293 g/mol. The number of nitrogens with one attached hydrogen (secondary N) is 2. The highest BCUT2D eigenvalue weighted by atomic mass is 16.2. The second-order valence-electron chi connectivity index (χ2n) is 7.24. The first-order valence-corrected chi connectivity index (χ1v) is 9.02. The minimum atomic E-state index is 0.0630. The smallest absolute Gasteiger partial charge is 0.237 e. The van der Waals surface area contributed by atoms with Gasteiger partial charge in [0.2, 0.25) is 5.91 Å². The molecule has 4 heteroatoms. The predicted molar refractivity (Wildman–Crippen MR) is 85.1 cm³/mol. The van der Waals surface area contributed by atoms with Crippen LogP contribution in [0.15, 0.2) is 0 Å². The van der Waals surface area contributed by atoms with Crippen LogP contribution in [0.1, 0.15) is 51.9 Å². The zero-order chi connectivity index (χ0) is 14.7. The number of hydrogen-bond acceptors (Lipinski definition) is 3. The Balaban J connectivity index is 1.41. The van der Waals surface area contributed by atoms with Crippen LogP contribution in [0.3, 0.4) is 0 Å². The second-order valence-corrected chi connectivity index (χ2v) is 7.24. The molecule has 0 aromatic heterocycles. The molecule has 4 atom stereocenters. The Labute approximate surface area is 129 Å². The molecule has 4 unspecified atom stereocenters. The summed E-state index contributed by atoms with van der Waals surface area (Å²) in [5, 5.41) is 6.83. The van der Waals surface area contributed by atoms with E-state index in [2.05, 4.69) is 22.5 Å². The molecule has 2 N–H and O–H groups in total. The molecule has 1 aliphatic carbocycles. The van der Waals surface area contributed by atoms with Crippen molar-refractivity contribution in [3.05, 3.63) is 0 Å². The van der Waals surface area contributed by atoms with Crippen LogP contribution in [0.5, 0.6) is 0 Å². The Morgan fingerprint density at radius 2 is 2.05 bits per heavy atom. The fraction of sp³-hybridized carbons (Fsp3) is 0.941. The number of carbonyl (C=O) groups excluding carboxylic acids is 1. The van der Waals surface area contributed by atoms with Crippen molar-refractivity contribution in [2.24, 2.45) is 11.8 Å². The summed E-state index contributed by atoms with van der Waals surface area (Å²) < 4.78 is 0. The van der Waals surface area contributed by atoms with E-state index < -0.39 is 0 Å². The lowest BCUT2D eigenvalue weighted by atomic mass is 9.77. The molecule has 3 rings (SSSR count). The number of hydrogen-bond donors (Lipinski definition) is 2. The summed E-state index contributed by atoms with van der Waals surface area (Å²) in [5.74, 6) is 1.73. The van der Waals surface area contributed by atoms with Gasteiger partial charge >= 0.3 is 0 Å². The summed E-state index contributed by atoms with van der Waals surface area (Å²) in [6.07, 6.45) is 8.84. The fourth-order valence-electron chi connectivity index (χ4n) is 4.44. The molecule has 2 heterocycles.